The Morgan fingerprint density at radius 3 is 2.83 bits per heavy atom. The van der Waals surface area contributed by atoms with Gasteiger partial charge in [-0.05, 0) is 12.1 Å². The maximum Gasteiger partial charge on any atom is 0.219 e. The molecule has 1 aromatic carbocycles. The first-order valence-electron chi connectivity index (χ1n) is 5.46. The molecule has 0 fully saturated rings. The molecule has 1 amide bonds. The van der Waals surface area contributed by atoms with Crippen LogP contribution in [0.2, 0.25) is 5.02 Å². The van der Waals surface area contributed by atoms with Gasteiger partial charge in [0.1, 0.15) is 5.69 Å². The van der Waals surface area contributed by atoms with Crippen molar-refractivity contribution in [3.8, 4) is 5.69 Å². The number of para-hydroxylation sites is 1. The molecule has 0 atom stereocenters. The zero-order chi connectivity index (χ0) is 13.1. The first-order valence-corrected chi connectivity index (χ1v) is 5.83. The third kappa shape index (κ3) is 2.68. The van der Waals surface area contributed by atoms with Crippen molar-refractivity contribution >= 4 is 17.5 Å². The average Bonchev–Trinajstić information content (AvgIpc) is 2.77. The smallest absolute Gasteiger partial charge is 0.219 e. The molecular formula is C12H13ClN4O. The zero-order valence-electron chi connectivity index (χ0n) is 10.2. The topological polar surface area (TPSA) is 51.0 Å². The summed E-state index contributed by atoms with van der Waals surface area (Å²) in [5.41, 5.74) is 1.48. The first-order chi connectivity index (χ1) is 8.58. The Hall–Kier alpha value is -1.88. The largest absolute Gasteiger partial charge is 0.340 e. The van der Waals surface area contributed by atoms with Gasteiger partial charge in [0.15, 0.2) is 0 Å². The Labute approximate surface area is 110 Å². The fourth-order valence-corrected chi connectivity index (χ4v) is 1.70. The third-order valence-electron chi connectivity index (χ3n) is 2.58. The van der Waals surface area contributed by atoms with Crippen LogP contribution in [0.5, 0.6) is 0 Å². The number of halogens is 1. The lowest BCUT2D eigenvalue weighted by Crippen LogP contribution is -2.23. The summed E-state index contributed by atoms with van der Waals surface area (Å²) in [5.74, 6) is -0.0118. The molecule has 0 saturated heterocycles. The molecule has 0 aliphatic carbocycles. The van der Waals surface area contributed by atoms with Crippen molar-refractivity contribution in [1.29, 1.82) is 0 Å². The number of amides is 1. The van der Waals surface area contributed by atoms with Crippen LogP contribution in [0.25, 0.3) is 5.69 Å². The Morgan fingerprint density at radius 2 is 2.17 bits per heavy atom. The molecule has 0 N–H and O–H groups in total. The summed E-state index contributed by atoms with van der Waals surface area (Å²) in [6, 6.07) is 7.38. The Kier molecular flexibility index (Phi) is 3.62. The number of rotatable bonds is 3. The number of nitrogens with zero attached hydrogens (tertiary/aromatic N) is 4. The molecule has 5 nitrogen and oxygen atoms in total. The van der Waals surface area contributed by atoms with Crippen molar-refractivity contribution in [2.45, 2.75) is 13.5 Å². The van der Waals surface area contributed by atoms with Gasteiger partial charge in [-0.1, -0.05) is 28.9 Å². The number of hydrogen-bond donors (Lipinski definition) is 0. The van der Waals surface area contributed by atoms with Gasteiger partial charge in [0.25, 0.3) is 0 Å². The van der Waals surface area contributed by atoms with E-state index in [1.807, 2.05) is 18.2 Å². The van der Waals surface area contributed by atoms with Crippen molar-refractivity contribution in [1.82, 2.24) is 19.9 Å². The average molecular weight is 265 g/mol. The van der Waals surface area contributed by atoms with Crippen molar-refractivity contribution in [2.75, 3.05) is 7.05 Å². The molecule has 2 rings (SSSR count). The Morgan fingerprint density at radius 1 is 1.44 bits per heavy atom. The van der Waals surface area contributed by atoms with Crippen LogP contribution in [0.15, 0.2) is 30.5 Å². The molecule has 0 unspecified atom stereocenters. The van der Waals surface area contributed by atoms with E-state index in [2.05, 4.69) is 10.3 Å². The molecule has 1 aromatic heterocycles. The maximum atomic E-state index is 11.1. The van der Waals surface area contributed by atoms with E-state index >= 15 is 0 Å². The number of benzene rings is 1. The van der Waals surface area contributed by atoms with E-state index in [1.165, 1.54) is 6.92 Å². The van der Waals surface area contributed by atoms with Gasteiger partial charge < -0.3 is 4.90 Å². The highest BCUT2D eigenvalue weighted by atomic mass is 35.5. The predicted molar refractivity (Wildman–Crippen MR) is 68.5 cm³/mol. The highest BCUT2D eigenvalue weighted by molar-refractivity contribution is 6.32. The van der Waals surface area contributed by atoms with Crippen LogP contribution >= 0.6 is 11.6 Å². The molecule has 0 saturated carbocycles. The summed E-state index contributed by atoms with van der Waals surface area (Å²) in [5, 5.41) is 8.63. The van der Waals surface area contributed by atoms with Crippen molar-refractivity contribution in [3.05, 3.63) is 41.2 Å². The SMILES string of the molecule is CC(=O)N(C)Cc1cn(-c2ccccc2Cl)nn1. The molecule has 2 aromatic rings. The summed E-state index contributed by atoms with van der Waals surface area (Å²) >= 11 is 6.07. The minimum Gasteiger partial charge on any atom is -0.340 e. The predicted octanol–water partition coefficient (Wildman–Crippen LogP) is 1.90. The van der Waals surface area contributed by atoms with Gasteiger partial charge in [0.2, 0.25) is 5.91 Å². The van der Waals surface area contributed by atoms with Crippen molar-refractivity contribution in [3.63, 3.8) is 0 Å². The second-order valence-corrected chi connectivity index (χ2v) is 4.39. The van der Waals surface area contributed by atoms with Gasteiger partial charge >= 0.3 is 0 Å². The molecule has 1 heterocycles. The van der Waals surface area contributed by atoms with E-state index in [0.717, 1.165) is 5.69 Å². The van der Waals surface area contributed by atoms with E-state index in [9.17, 15) is 4.79 Å². The summed E-state index contributed by atoms with van der Waals surface area (Å²) in [7, 11) is 1.72. The summed E-state index contributed by atoms with van der Waals surface area (Å²) < 4.78 is 1.60. The standard InChI is InChI=1S/C12H13ClN4O/c1-9(18)16(2)7-10-8-17(15-14-10)12-6-4-3-5-11(12)13/h3-6,8H,7H2,1-2H3. The fraction of sp³-hybridized carbons (Fsp3) is 0.250. The lowest BCUT2D eigenvalue weighted by molar-refractivity contribution is -0.128. The van der Waals surface area contributed by atoms with Crippen LogP contribution in [0, 0.1) is 0 Å². The number of hydrogen-bond acceptors (Lipinski definition) is 3. The molecule has 0 aliphatic rings. The molecule has 94 valence electrons. The lowest BCUT2D eigenvalue weighted by atomic mass is 10.3. The number of aromatic nitrogens is 3. The number of carbonyl (C=O) groups is 1. The summed E-state index contributed by atoms with van der Waals surface area (Å²) in [4.78, 5) is 12.7. The Balaban J connectivity index is 2.21. The van der Waals surface area contributed by atoms with Crippen LogP contribution in [-0.2, 0) is 11.3 Å². The molecule has 0 aliphatic heterocycles. The quantitative estimate of drug-likeness (QED) is 0.851. The van der Waals surface area contributed by atoms with Crippen LogP contribution in [-0.4, -0.2) is 32.8 Å². The van der Waals surface area contributed by atoms with Crippen molar-refractivity contribution in [2.24, 2.45) is 0 Å². The van der Waals surface area contributed by atoms with Crippen LogP contribution in [0.1, 0.15) is 12.6 Å². The molecule has 0 bridgehead atoms. The highest BCUT2D eigenvalue weighted by Crippen LogP contribution is 2.18. The van der Waals surface area contributed by atoms with E-state index < -0.39 is 0 Å². The molecule has 6 heteroatoms. The van der Waals surface area contributed by atoms with Crippen LogP contribution < -0.4 is 0 Å². The first kappa shape index (κ1) is 12.6. The molecule has 0 radical (unpaired) electrons. The second-order valence-electron chi connectivity index (χ2n) is 3.98. The molecule has 18 heavy (non-hydrogen) atoms. The second kappa shape index (κ2) is 5.18. The van der Waals surface area contributed by atoms with Gasteiger partial charge in [-0.15, -0.1) is 5.10 Å². The van der Waals surface area contributed by atoms with E-state index in [1.54, 1.807) is 28.9 Å². The molecule has 0 spiro atoms. The van der Waals surface area contributed by atoms with Gasteiger partial charge in [-0.3, -0.25) is 4.79 Å². The minimum absolute atomic E-state index is 0.0118. The summed E-state index contributed by atoms with van der Waals surface area (Å²) in [6.45, 7) is 1.94. The maximum absolute atomic E-state index is 11.1. The number of carbonyl (C=O) groups excluding carboxylic acids is 1. The normalized spacial score (nSPS) is 10.4. The van der Waals surface area contributed by atoms with Gasteiger partial charge in [-0.25, -0.2) is 4.68 Å². The van der Waals surface area contributed by atoms with Gasteiger partial charge in [-0.2, -0.15) is 0 Å². The van der Waals surface area contributed by atoms with E-state index in [4.69, 9.17) is 11.6 Å². The van der Waals surface area contributed by atoms with E-state index in [-0.39, 0.29) is 5.91 Å². The monoisotopic (exact) mass is 264 g/mol. The van der Waals surface area contributed by atoms with Gasteiger partial charge in [0.05, 0.1) is 23.5 Å². The zero-order valence-corrected chi connectivity index (χ0v) is 10.9. The fourth-order valence-electron chi connectivity index (χ4n) is 1.48. The molecular weight excluding hydrogens is 252 g/mol. The summed E-state index contributed by atoms with van der Waals surface area (Å²) in [6.07, 6.45) is 1.76. The van der Waals surface area contributed by atoms with Crippen molar-refractivity contribution < 1.29 is 4.79 Å². The van der Waals surface area contributed by atoms with Crippen LogP contribution in [0.4, 0.5) is 0 Å². The lowest BCUT2D eigenvalue weighted by Gasteiger charge is -2.11. The van der Waals surface area contributed by atoms with E-state index in [0.29, 0.717) is 17.3 Å². The highest BCUT2D eigenvalue weighted by Gasteiger charge is 2.09. The third-order valence-corrected chi connectivity index (χ3v) is 2.90. The Bertz CT molecular complexity index is 567. The van der Waals surface area contributed by atoms with Crippen LogP contribution in [0.3, 0.4) is 0 Å². The van der Waals surface area contributed by atoms with Gasteiger partial charge in [0, 0.05) is 14.0 Å². The minimum atomic E-state index is -0.0118.